The Bertz CT molecular complexity index is 402. The highest BCUT2D eigenvalue weighted by Gasteiger charge is 2.26. The van der Waals surface area contributed by atoms with Gasteiger partial charge in [-0.1, -0.05) is 32.0 Å². The van der Waals surface area contributed by atoms with Crippen LogP contribution < -0.4 is 4.74 Å². The number of benzene rings is 1. The second-order valence-corrected chi connectivity index (χ2v) is 5.97. The molecule has 3 atom stereocenters. The number of para-hydroxylation sites is 1. The number of alkyl halides is 1. The Morgan fingerprint density at radius 3 is 2.67 bits per heavy atom. The summed E-state index contributed by atoms with van der Waals surface area (Å²) in [6.07, 6.45) is 3.96. The van der Waals surface area contributed by atoms with Crippen molar-refractivity contribution in [2.75, 3.05) is 0 Å². The van der Waals surface area contributed by atoms with Gasteiger partial charge in [0.1, 0.15) is 5.75 Å². The summed E-state index contributed by atoms with van der Waals surface area (Å²) in [5.74, 6) is 3.12. The topological polar surface area (TPSA) is 9.23 Å². The summed E-state index contributed by atoms with van der Waals surface area (Å²) in [6, 6.07) is 6.20. The van der Waals surface area contributed by atoms with E-state index in [0.717, 1.165) is 29.6 Å². The molecular formula is C16H23ClO. The second kappa shape index (κ2) is 5.97. The highest BCUT2D eigenvalue weighted by Crippen LogP contribution is 2.34. The van der Waals surface area contributed by atoms with Crippen molar-refractivity contribution in [2.45, 2.75) is 52.0 Å². The van der Waals surface area contributed by atoms with Crippen LogP contribution in [0.15, 0.2) is 18.2 Å². The first kappa shape index (κ1) is 13.7. The second-order valence-electron chi connectivity index (χ2n) is 5.70. The standard InChI is InChI=1S/C16H23ClO/c1-11-7-8-15(9-13(11)3)18-16-12(2)5-4-6-14(16)10-17/h4-6,11,13,15H,7-10H2,1-3H3. The van der Waals surface area contributed by atoms with E-state index in [1.807, 2.05) is 6.07 Å². The molecule has 0 radical (unpaired) electrons. The Morgan fingerprint density at radius 1 is 1.22 bits per heavy atom. The first-order valence-corrected chi connectivity index (χ1v) is 7.46. The number of aryl methyl sites for hydroxylation is 1. The van der Waals surface area contributed by atoms with E-state index < -0.39 is 0 Å². The van der Waals surface area contributed by atoms with Crippen molar-refractivity contribution in [1.29, 1.82) is 0 Å². The van der Waals surface area contributed by atoms with Crippen molar-refractivity contribution in [2.24, 2.45) is 11.8 Å². The minimum Gasteiger partial charge on any atom is -0.490 e. The van der Waals surface area contributed by atoms with Crippen LogP contribution in [0, 0.1) is 18.8 Å². The predicted molar refractivity (Wildman–Crippen MR) is 77.3 cm³/mol. The molecule has 0 spiro atoms. The number of halogens is 1. The number of rotatable bonds is 3. The maximum Gasteiger partial charge on any atom is 0.127 e. The van der Waals surface area contributed by atoms with E-state index in [1.54, 1.807) is 0 Å². The van der Waals surface area contributed by atoms with Crippen LogP contribution in [-0.4, -0.2) is 6.10 Å². The number of ether oxygens (including phenoxy) is 1. The molecule has 0 aliphatic heterocycles. The Kier molecular flexibility index (Phi) is 4.55. The van der Waals surface area contributed by atoms with Crippen molar-refractivity contribution in [3.63, 3.8) is 0 Å². The minimum absolute atomic E-state index is 0.360. The molecule has 3 unspecified atom stereocenters. The maximum atomic E-state index is 6.24. The summed E-state index contributed by atoms with van der Waals surface area (Å²) in [5, 5.41) is 0. The average molecular weight is 267 g/mol. The van der Waals surface area contributed by atoms with E-state index in [1.165, 1.54) is 18.4 Å². The van der Waals surface area contributed by atoms with Gasteiger partial charge in [-0.25, -0.2) is 0 Å². The summed E-state index contributed by atoms with van der Waals surface area (Å²) >= 11 is 5.99. The smallest absolute Gasteiger partial charge is 0.127 e. The Balaban J connectivity index is 2.10. The lowest BCUT2D eigenvalue weighted by Gasteiger charge is -2.33. The van der Waals surface area contributed by atoms with Crippen LogP contribution in [0.4, 0.5) is 0 Å². The third kappa shape index (κ3) is 3.00. The molecule has 2 heteroatoms. The van der Waals surface area contributed by atoms with Crippen LogP contribution in [-0.2, 0) is 5.88 Å². The lowest BCUT2D eigenvalue weighted by Crippen LogP contribution is -2.29. The molecule has 1 aliphatic rings. The first-order chi connectivity index (χ1) is 8.61. The summed E-state index contributed by atoms with van der Waals surface area (Å²) in [4.78, 5) is 0. The summed E-state index contributed by atoms with van der Waals surface area (Å²) in [7, 11) is 0. The van der Waals surface area contributed by atoms with Crippen LogP contribution in [0.3, 0.4) is 0 Å². The zero-order valence-corrected chi connectivity index (χ0v) is 12.3. The van der Waals surface area contributed by atoms with Crippen molar-refractivity contribution < 1.29 is 4.74 Å². The van der Waals surface area contributed by atoms with Gasteiger partial charge < -0.3 is 4.74 Å². The van der Waals surface area contributed by atoms with Crippen LogP contribution >= 0.6 is 11.6 Å². The highest BCUT2D eigenvalue weighted by molar-refractivity contribution is 6.17. The van der Waals surface area contributed by atoms with E-state index >= 15 is 0 Å². The van der Waals surface area contributed by atoms with E-state index in [4.69, 9.17) is 16.3 Å². The predicted octanol–water partition coefficient (Wildman–Crippen LogP) is 4.94. The van der Waals surface area contributed by atoms with Crippen molar-refractivity contribution >= 4 is 11.6 Å². The quantitative estimate of drug-likeness (QED) is 0.705. The van der Waals surface area contributed by atoms with Gasteiger partial charge in [0.2, 0.25) is 0 Å². The van der Waals surface area contributed by atoms with E-state index in [9.17, 15) is 0 Å². The SMILES string of the molecule is Cc1cccc(CCl)c1OC1CCC(C)C(C)C1. The largest absolute Gasteiger partial charge is 0.490 e. The van der Waals surface area contributed by atoms with Gasteiger partial charge in [0, 0.05) is 5.56 Å². The van der Waals surface area contributed by atoms with Crippen molar-refractivity contribution in [1.82, 2.24) is 0 Å². The molecule has 0 amide bonds. The maximum absolute atomic E-state index is 6.24. The molecule has 0 aromatic heterocycles. The van der Waals surface area contributed by atoms with E-state index in [2.05, 4.69) is 32.9 Å². The molecule has 1 aromatic carbocycles. The van der Waals surface area contributed by atoms with Gasteiger partial charge in [-0.05, 0) is 43.6 Å². The molecule has 18 heavy (non-hydrogen) atoms. The third-order valence-corrected chi connectivity index (χ3v) is 4.56. The molecule has 2 rings (SSSR count). The Hall–Kier alpha value is -0.690. The fourth-order valence-electron chi connectivity index (χ4n) is 2.76. The van der Waals surface area contributed by atoms with Gasteiger partial charge in [-0.15, -0.1) is 11.6 Å². The molecule has 1 saturated carbocycles. The Labute approximate surface area is 115 Å². The molecule has 0 heterocycles. The van der Waals surface area contributed by atoms with E-state index in [0.29, 0.717) is 12.0 Å². The fraction of sp³-hybridized carbons (Fsp3) is 0.625. The summed E-state index contributed by atoms with van der Waals surface area (Å²) in [5.41, 5.74) is 2.31. The molecule has 1 aromatic rings. The van der Waals surface area contributed by atoms with Crippen molar-refractivity contribution in [3.8, 4) is 5.75 Å². The monoisotopic (exact) mass is 266 g/mol. The average Bonchev–Trinajstić information content (AvgIpc) is 2.36. The molecule has 0 saturated heterocycles. The highest BCUT2D eigenvalue weighted by atomic mass is 35.5. The van der Waals surface area contributed by atoms with Gasteiger partial charge in [0.25, 0.3) is 0 Å². The van der Waals surface area contributed by atoms with Crippen LogP contribution in [0.2, 0.25) is 0 Å². The van der Waals surface area contributed by atoms with Crippen molar-refractivity contribution in [3.05, 3.63) is 29.3 Å². The molecular weight excluding hydrogens is 244 g/mol. The first-order valence-electron chi connectivity index (χ1n) is 6.93. The molecule has 100 valence electrons. The van der Waals surface area contributed by atoms with Crippen LogP contribution in [0.1, 0.15) is 44.2 Å². The van der Waals surface area contributed by atoms with Gasteiger partial charge in [0.05, 0.1) is 12.0 Å². The van der Waals surface area contributed by atoms with Crippen LogP contribution in [0.5, 0.6) is 5.75 Å². The molecule has 1 aliphatic carbocycles. The molecule has 0 bridgehead atoms. The van der Waals surface area contributed by atoms with Crippen LogP contribution in [0.25, 0.3) is 0 Å². The summed E-state index contributed by atoms with van der Waals surface area (Å²) in [6.45, 7) is 6.78. The molecule has 1 fully saturated rings. The van der Waals surface area contributed by atoms with Gasteiger partial charge in [-0.2, -0.15) is 0 Å². The van der Waals surface area contributed by atoms with Gasteiger partial charge in [0.15, 0.2) is 0 Å². The molecule has 0 N–H and O–H groups in total. The van der Waals surface area contributed by atoms with E-state index in [-0.39, 0.29) is 0 Å². The molecule has 1 nitrogen and oxygen atoms in total. The fourth-order valence-corrected chi connectivity index (χ4v) is 2.97. The van der Waals surface area contributed by atoms with Gasteiger partial charge in [-0.3, -0.25) is 0 Å². The zero-order valence-electron chi connectivity index (χ0n) is 11.6. The summed E-state index contributed by atoms with van der Waals surface area (Å²) < 4.78 is 6.24. The lowest BCUT2D eigenvalue weighted by atomic mass is 9.80. The third-order valence-electron chi connectivity index (χ3n) is 4.27. The lowest BCUT2D eigenvalue weighted by molar-refractivity contribution is 0.0992. The number of hydrogen-bond donors (Lipinski definition) is 0. The zero-order chi connectivity index (χ0) is 13.1. The normalized spacial score (nSPS) is 28.1. The van der Waals surface area contributed by atoms with Gasteiger partial charge >= 0.3 is 0 Å². The Morgan fingerprint density at radius 2 is 2.00 bits per heavy atom. The minimum atomic E-state index is 0.360. The number of hydrogen-bond acceptors (Lipinski definition) is 1.